The Hall–Kier alpha value is -2.69. The van der Waals surface area contributed by atoms with Crippen LogP contribution in [-0.4, -0.2) is 53.0 Å². The number of Topliss-reactive ketones (excluding diaryl/α,β-unsaturated/α-hetero) is 1. The summed E-state index contributed by atoms with van der Waals surface area (Å²) in [6, 6.07) is 5.27. The fraction of sp³-hybridized carbons (Fsp3) is 0.600. The monoisotopic (exact) mass is 561 g/mol. The number of fused-ring (bicyclic) bond motifs is 7. The van der Waals surface area contributed by atoms with Gasteiger partial charge in [-0.15, -0.1) is 13.2 Å². The first-order valence-corrected chi connectivity index (χ1v) is 13.8. The van der Waals surface area contributed by atoms with Gasteiger partial charge in [0.2, 0.25) is 0 Å². The van der Waals surface area contributed by atoms with E-state index in [1.54, 1.807) is 12.2 Å². The first-order valence-electron chi connectivity index (χ1n) is 13.8. The summed E-state index contributed by atoms with van der Waals surface area (Å²) in [5.41, 5.74) is -1.66. The van der Waals surface area contributed by atoms with E-state index in [1.165, 1.54) is 29.3 Å². The minimum absolute atomic E-state index is 0.0334. The number of rotatable bonds is 4. The van der Waals surface area contributed by atoms with E-state index >= 15 is 0 Å². The van der Waals surface area contributed by atoms with Gasteiger partial charge < -0.3 is 14.9 Å². The Morgan fingerprint density at radius 2 is 1.88 bits per heavy atom. The number of alkyl halides is 3. The maximum absolute atomic E-state index is 13.7. The van der Waals surface area contributed by atoms with Gasteiger partial charge in [0.15, 0.2) is 17.2 Å². The van der Waals surface area contributed by atoms with Crippen LogP contribution in [0.1, 0.15) is 46.5 Å². The molecule has 0 aromatic heterocycles. The van der Waals surface area contributed by atoms with Crippen molar-refractivity contribution in [3.63, 3.8) is 0 Å². The Balaban J connectivity index is 1.36. The van der Waals surface area contributed by atoms with Crippen molar-refractivity contribution >= 4 is 17.3 Å². The number of allylic oxidation sites excluding steroid dienone is 4. The van der Waals surface area contributed by atoms with Crippen molar-refractivity contribution in [3.8, 4) is 5.75 Å². The van der Waals surface area contributed by atoms with Gasteiger partial charge in [0.1, 0.15) is 12.4 Å². The van der Waals surface area contributed by atoms with Gasteiger partial charge in [0, 0.05) is 22.7 Å². The zero-order chi connectivity index (χ0) is 28.9. The summed E-state index contributed by atoms with van der Waals surface area (Å²) in [5.74, 6) is -1.29. The third-order valence-electron chi connectivity index (χ3n) is 11.2. The highest BCUT2D eigenvalue weighted by Crippen LogP contribution is 2.75. The number of nitrogens with zero attached hydrogens (tertiary/aromatic N) is 1. The van der Waals surface area contributed by atoms with Crippen LogP contribution in [0.15, 0.2) is 48.1 Å². The smallest absolute Gasteiger partial charge is 0.406 e. The second kappa shape index (κ2) is 8.66. The van der Waals surface area contributed by atoms with Crippen LogP contribution in [0.25, 0.3) is 0 Å². The second-order valence-electron chi connectivity index (χ2n) is 12.8. The Labute approximate surface area is 230 Å². The van der Waals surface area contributed by atoms with Gasteiger partial charge in [-0.05, 0) is 73.4 Å². The van der Waals surface area contributed by atoms with Gasteiger partial charge in [0.25, 0.3) is 0 Å². The Bertz CT molecular complexity index is 1310. The molecule has 1 aromatic rings. The number of anilines is 1. The molecule has 8 unspecified atom stereocenters. The van der Waals surface area contributed by atoms with Gasteiger partial charge in [-0.1, -0.05) is 32.4 Å². The number of ketones is 2. The normalized spacial score (nSPS) is 42.0. The van der Waals surface area contributed by atoms with Crippen molar-refractivity contribution in [2.24, 2.45) is 34.0 Å². The highest BCUT2D eigenvalue weighted by atomic mass is 19.4. The topological polar surface area (TPSA) is 96.3 Å². The first kappa shape index (κ1) is 27.5. The summed E-state index contributed by atoms with van der Waals surface area (Å²) in [5, 5.41) is 23.5. The summed E-state index contributed by atoms with van der Waals surface area (Å²) in [6.07, 6.45) is 1.99. The molecule has 6 rings (SSSR count). The molecular formula is C30H34F3NO6. The molecule has 3 saturated carbocycles. The maximum atomic E-state index is 13.7. The molecule has 1 aliphatic heterocycles. The number of hydroxylamine groups is 1. The van der Waals surface area contributed by atoms with Crippen LogP contribution in [0.3, 0.4) is 0 Å². The number of aliphatic hydroxyl groups excluding tert-OH is 2. The molecule has 7 nitrogen and oxygen atoms in total. The van der Waals surface area contributed by atoms with Crippen molar-refractivity contribution < 1.29 is 42.5 Å². The SMILES string of the molecule is CC12C=CC(=O)C=C1CCC1C2C(O)CC2(C)C1(C)CC1CN(c3ccc(OC(F)(F)F)cc3)OC12C(=O)CO. The number of aliphatic hydroxyl groups is 2. The van der Waals surface area contributed by atoms with E-state index in [4.69, 9.17) is 4.84 Å². The minimum Gasteiger partial charge on any atom is -0.406 e. The predicted octanol–water partition coefficient (Wildman–Crippen LogP) is 4.53. The standard InChI is InChI=1S/C30H34F3NO6/c1-26-11-10-20(36)12-17(26)4-9-22-25(26)23(37)14-28(3)27(22,2)13-18-15-34(40-29(18,28)24(38)16-35)19-5-7-21(8-6-19)39-30(31,32)33/h5-8,10-12,18,22-23,25,35,37H,4,9,13-16H2,1-3H3. The fourth-order valence-electron chi connectivity index (χ4n) is 9.40. The average molecular weight is 562 g/mol. The molecule has 216 valence electrons. The molecule has 10 heteroatoms. The molecule has 4 aliphatic carbocycles. The van der Waals surface area contributed by atoms with Crippen molar-refractivity contribution in [1.82, 2.24) is 0 Å². The van der Waals surface area contributed by atoms with Crippen LogP contribution in [-0.2, 0) is 14.4 Å². The van der Waals surface area contributed by atoms with Gasteiger partial charge in [-0.3, -0.25) is 19.5 Å². The van der Waals surface area contributed by atoms with Crippen LogP contribution in [0.2, 0.25) is 0 Å². The van der Waals surface area contributed by atoms with Crippen LogP contribution in [0, 0.1) is 34.0 Å². The zero-order valence-electron chi connectivity index (χ0n) is 22.7. The highest BCUT2D eigenvalue weighted by Gasteiger charge is 2.79. The summed E-state index contributed by atoms with van der Waals surface area (Å²) in [4.78, 5) is 32.4. The third kappa shape index (κ3) is 3.54. The van der Waals surface area contributed by atoms with Crippen molar-refractivity contribution in [3.05, 3.63) is 48.1 Å². The number of ether oxygens (including phenoxy) is 1. The summed E-state index contributed by atoms with van der Waals surface area (Å²) >= 11 is 0. The highest BCUT2D eigenvalue weighted by molar-refractivity contribution is 6.01. The first-order chi connectivity index (χ1) is 18.7. The van der Waals surface area contributed by atoms with Crippen LogP contribution >= 0.6 is 0 Å². The molecule has 0 spiro atoms. The van der Waals surface area contributed by atoms with E-state index < -0.39 is 46.7 Å². The lowest BCUT2D eigenvalue weighted by molar-refractivity contribution is -0.274. The number of halogens is 3. The molecule has 2 N–H and O–H groups in total. The average Bonchev–Trinajstić information content (AvgIpc) is 3.34. The van der Waals surface area contributed by atoms with E-state index in [1.807, 2.05) is 13.0 Å². The molecule has 4 fully saturated rings. The summed E-state index contributed by atoms with van der Waals surface area (Å²) in [7, 11) is 0. The van der Waals surface area contributed by atoms with Crippen molar-refractivity contribution in [2.75, 3.05) is 18.2 Å². The van der Waals surface area contributed by atoms with Crippen LogP contribution in [0.5, 0.6) is 5.75 Å². The lowest BCUT2D eigenvalue weighted by atomic mass is 9.41. The lowest BCUT2D eigenvalue weighted by Gasteiger charge is -2.64. The molecular weight excluding hydrogens is 527 g/mol. The largest absolute Gasteiger partial charge is 0.573 e. The van der Waals surface area contributed by atoms with Gasteiger partial charge >= 0.3 is 6.36 Å². The summed E-state index contributed by atoms with van der Waals surface area (Å²) in [6.45, 7) is 5.82. The van der Waals surface area contributed by atoms with Crippen LogP contribution in [0.4, 0.5) is 18.9 Å². The maximum Gasteiger partial charge on any atom is 0.573 e. The molecule has 1 heterocycles. The Morgan fingerprint density at radius 1 is 1.18 bits per heavy atom. The van der Waals surface area contributed by atoms with Gasteiger partial charge in [-0.25, -0.2) is 0 Å². The number of hydrogen-bond donors (Lipinski definition) is 2. The molecule has 8 atom stereocenters. The molecule has 1 aromatic carbocycles. The van der Waals surface area contributed by atoms with Crippen molar-refractivity contribution in [2.45, 2.75) is 64.5 Å². The lowest BCUT2D eigenvalue weighted by Crippen LogP contribution is -2.66. The molecule has 1 saturated heterocycles. The number of carbonyl (C=O) groups excluding carboxylic acids is 2. The Morgan fingerprint density at radius 3 is 2.52 bits per heavy atom. The second-order valence-corrected chi connectivity index (χ2v) is 12.8. The third-order valence-corrected chi connectivity index (χ3v) is 11.2. The number of benzene rings is 1. The fourth-order valence-corrected chi connectivity index (χ4v) is 9.40. The molecule has 40 heavy (non-hydrogen) atoms. The van der Waals surface area contributed by atoms with E-state index in [0.29, 0.717) is 18.7 Å². The van der Waals surface area contributed by atoms with E-state index in [9.17, 15) is 33.0 Å². The van der Waals surface area contributed by atoms with E-state index in [-0.39, 0.29) is 35.7 Å². The molecule has 5 aliphatic rings. The quantitative estimate of drug-likeness (QED) is 0.558. The van der Waals surface area contributed by atoms with Crippen LogP contribution < -0.4 is 9.80 Å². The molecule has 0 amide bonds. The predicted molar refractivity (Wildman–Crippen MR) is 138 cm³/mol. The minimum atomic E-state index is -4.81. The molecule has 0 bridgehead atoms. The molecule has 0 radical (unpaired) electrons. The number of carbonyl (C=O) groups is 2. The number of hydrogen-bond acceptors (Lipinski definition) is 7. The van der Waals surface area contributed by atoms with Crippen molar-refractivity contribution in [1.29, 1.82) is 0 Å². The van der Waals surface area contributed by atoms with E-state index in [0.717, 1.165) is 18.4 Å². The van der Waals surface area contributed by atoms with Gasteiger partial charge in [-0.2, -0.15) is 0 Å². The van der Waals surface area contributed by atoms with E-state index in [2.05, 4.69) is 18.6 Å². The van der Waals surface area contributed by atoms with Gasteiger partial charge in [0.05, 0.1) is 18.3 Å². The zero-order valence-corrected chi connectivity index (χ0v) is 22.7. The summed E-state index contributed by atoms with van der Waals surface area (Å²) < 4.78 is 41.9. The Kier molecular flexibility index (Phi) is 5.95.